The van der Waals surface area contributed by atoms with E-state index in [-0.39, 0.29) is 10.8 Å². The Morgan fingerprint density at radius 2 is 2.05 bits per heavy atom. The topological polar surface area (TPSA) is 66.8 Å². The molecule has 5 nitrogen and oxygen atoms in total. The van der Waals surface area contributed by atoms with Gasteiger partial charge in [-0.2, -0.15) is 9.30 Å². The summed E-state index contributed by atoms with van der Waals surface area (Å²) < 4.78 is 27.1. The van der Waals surface area contributed by atoms with Crippen molar-refractivity contribution in [1.82, 2.24) is 4.31 Å². The fourth-order valence-corrected chi connectivity index (χ4v) is 4.72. The minimum absolute atomic E-state index is 0.0146. The van der Waals surface area contributed by atoms with Gasteiger partial charge < -0.3 is 0 Å². The van der Waals surface area contributed by atoms with E-state index < -0.39 is 16.2 Å². The molecule has 0 spiro atoms. The molecule has 2 unspecified atom stereocenters. The van der Waals surface area contributed by atoms with Gasteiger partial charge in [0.15, 0.2) is 0 Å². The van der Waals surface area contributed by atoms with E-state index >= 15 is 0 Å². The van der Waals surface area contributed by atoms with Crippen LogP contribution in [0, 0.1) is 19.8 Å². The first-order valence-corrected chi connectivity index (χ1v) is 8.48. The molecule has 1 saturated heterocycles. The Hall–Kier alpha value is -1.49. The van der Waals surface area contributed by atoms with Gasteiger partial charge in [-0.05, 0) is 44.2 Å². The number of nitrogens with zero attached hydrogens (tertiary/aromatic N) is 2. The summed E-state index contributed by atoms with van der Waals surface area (Å²) in [6.07, 6.45) is 2.49. The van der Waals surface area contributed by atoms with Crippen molar-refractivity contribution in [3.63, 3.8) is 0 Å². The van der Waals surface area contributed by atoms with Crippen molar-refractivity contribution in [2.24, 2.45) is 10.9 Å². The van der Waals surface area contributed by atoms with Gasteiger partial charge in [0.25, 0.3) is 0 Å². The van der Waals surface area contributed by atoms with E-state index in [0.29, 0.717) is 12.1 Å². The van der Waals surface area contributed by atoms with Gasteiger partial charge in [0.1, 0.15) is 6.17 Å². The standard InChI is InChI=1S/C15H20N2O3S/c1-11-6-7-14(13(3)9-11)21(19,20)17-8-4-5-12(2)15(17)16-10-18/h6-7,9,12,15H,4-5,8H2,1-3H3. The van der Waals surface area contributed by atoms with Gasteiger partial charge >= 0.3 is 0 Å². The second-order valence-electron chi connectivity index (χ2n) is 5.64. The molecule has 114 valence electrons. The van der Waals surface area contributed by atoms with Gasteiger partial charge in [0.05, 0.1) is 4.90 Å². The van der Waals surface area contributed by atoms with E-state index in [0.717, 1.165) is 18.4 Å². The molecule has 0 saturated carbocycles. The third-order valence-electron chi connectivity index (χ3n) is 3.94. The van der Waals surface area contributed by atoms with Gasteiger partial charge in [-0.1, -0.05) is 24.6 Å². The first-order valence-electron chi connectivity index (χ1n) is 7.04. The summed E-state index contributed by atoms with van der Waals surface area (Å²) >= 11 is 0. The van der Waals surface area contributed by atoms with Crippen LogP contribution in [0.5, 0.6) is 0 Å². The summed E-state index contributed by atoms with van der Waals surface area (Å²) in [5.74, 6) is 0.0146. The maximum absolute atomic E-state index is 12.9. The third-order valence-corrected chi connectivity index (χ3v) is 5.97. The van der Waals surface area contributed by atoms with Crippen LogP contribution < -0.4 is 0 Å². The molecule has 2 rings (SSSR count). The Morgan fingerprint density at radius 1 is 1.33 bits per heavy atom. The van der Waals surface area contributed by atoms with E-state index in [1.807, 2.05) is 19.9 Å². The predicted octanol–water partition coefficient (Wildman–Crippen LogP) is 2.39. The summed E-state index contributed by atoms with van der Waals surface area (Å²) in [5.41, 5.74) is 1.72. The lowest BCUT2D eigenvalue weighted by Crippen LogP contribution is -2.46. The summed E-state index contributed by atoms with van der Waals surface area (Å²) in [6, 6.07) is 5.25. The molecule has 0 bridgehead atoms. The van der Waals surface area contributed by atoms with Crippen LogP contribution in [0.4, 0.5) is 0 Å². The van der Waals surface area contributed by atoms with Gasteiger partial charge in [-0.25, -0.2) is 13.2 Å². The highest BCUT2D eigenvalue weighted by Gasteiger charge is 2.37. The van der Waals surface area contributed by atoms with E-state index in [9.17, 15) is 13.2 Å². The van der Waals surface area contributed by atoms with Crippen molar-refractivity contribution in [2.45, 2.75) is 44.7 Å². The van der Waals surface area contributed by atoms with Gasteiger partial charge in [-0.3, -0.25) is 0 Å². The van der Waals surface area contributed by atoms with Crippen LogP contribution in [0.3, 0.4) is 0 Å². The van der Waals surface area contributed by atoms with Crippen molar-refractivity contribution in [2.75, 3.05) is 6.54 Å². The van der Waals surface area contributed by atoms with Crippen LogP contribution in [-0.2, 0) is 14.8 Å². The van der Waals surface area contributed by atoms with E-state index in [1.165, 1.54) is 10.4 Å². The zero-order valence-corrected chi connectivity index (χ0v) is 13.4. The molecule has 1 aliphatic heterocycles. The Morgan fingerprint density at radius 3 is 2.67 bits per heavy atom. The van der Waals surface area contributed by atoms with Crippen molar-refractivity contribution in [3.05, 3.63) is 29.3 Å². The molecule has 0 aromatic heterocycles. The Kier molecular flexibility index (Phi) is 4.61. The largest absolute Gasteiger partial charge is 0.245 e. The first-order chi connectivity index (χ1) is 9.87. The van der Waals surface area contributed by atoms with E-state index in [2.05, 4.69) is 4.99 Å². The van der Waals surface area contributed by atoms with Gasteiger partial charge in [0.2, 0.25) is 16.1 Å². The van der Waals surface area contributed by atoms with Crippen LogP contribution in [0.15, 0.2) is 28.1 Å². The van der Waals surface area contributed by atoms with Gasteiger partial charge in [-0.15, -0.1) is 0 Å². The molecule has 0 aliphatic carbocycles. The van der Waals surface area contributed by atoms with Crippen LogP contribution in [0.25, 0.3) is 0 Å². The first kappa shape index (κ1) is 15.9. The number of isocyanates is 1. The third kappa shape index (κ3) is 3.07. The van der Waals surface area contributed by atoms with Crippen molar-refractivity contribution < 1.29 is 13.2 Å². The zero-order valence-electron chi connectivity index (χ0n) is 12.5. The number of carbonyl (C=O) groups excluding carboxylic acids is 1. The fraction of sp³-hybridized carbons (Fsp3) is 0.533. The van der Waals surface area contributed by atoms with Crippen LogP contribution in [0.1, 0.15) is 30.9 Å². The predicted molar refractivity (Wildman–Crippen MR) is 80.1 cm³/mol. The lowest BCUT2D eigenvalue weighted by atomic mass is 9.98. The van der Waals surface area contributed by atoms with E-state index in [1.54, 1.807) is 19.1 Å². The van der Waals surface area contributed by atoms with Crippen LogP contribution in [0.2, 0.25) is 0 Å². The highest BCUT2D eigenvalue weighted by molar-refractivity contribution is 7.89. The summed E-state index contributed by atoms with van der Waals surface area (Å²) in [6.45, 7) is 6.00. The molecule has 6 heteroatoms. The van der Waals surface area contributed by atoms with Crippen molar-refractivity contribution in [1.29, 1.82) is 0 Å². The average Bonchev–Trinajstić information content (AvgIpc) is 2.40. The smallest absolute Gasteiger partial charge is 0.211 e. The van der Waals surface area contributed by atoms with Crippen LogP contribution >= 0.6 is 0 Å². The molecular weight excluding hydrogens is 288 g/mol. The lowest BCUT2D eigenvalue weighted by Gasteiger charge is -2.35. The summed E-state index contributed by atoms with van der Waals surface area (Å²) in [5, 5.41) is 0. The molecule has 0 radical (unpaired) electrons. The molecule has 1 aromatic carbocycles. The Bertz CT molecular complexity index is 678. The number of aryl methyl sites for hydroxylation is 2. The number of benzene rings is 1. The molecule has 0 N–H and O–H groups in total. The number of sulfonamides is 1. The molecule has 1 aromatic rings. The highest BCUT2D eigenvalue weighted by atomic mass is 32.2. The quantitative estimate of drug-likeness (QED) is 0.636. The zero-order chi connectivity index (χ0) is 15.6. The molecule has 0 amide bonds. The van der Waals surface area contributed by atoms with Crippen LogP contribution in [-0.4, -0.2) is 31.5 Å². The average molecular weight is 308 g/mol. The van der Waals surface area contributed by atoms with Crippen molar-refractivity contribution >= 4 is 16.1 Å². The summed E-state index contributed by atoms with van der Waals surface area (Å²) in [4.78, 5) is 14.6. The second kappa shape index (κ2) is 6.10. The summed E-state index contributed by atoms with van der Waals surface area (Å²) in [7, 11) is -3.65. The maximum atomic E-state index is 12.9. The second-order valence-corrected chi connectivity index (χ2v) is 7.50. The number of aliphatic imine (C=N–C) groups is 1. The monoisotopic (exact) mass is 308 g/mol. The molecule has 1 heterocycles. The maximum Gasteiger partial charge on any atom is 0.245 e. The number of rotatable bonds is 3. The minimum atomic E-state index is -3.65. The normalized spacial score (nSPS) is 23.6. The number of piperidine rings is 1. The fourth-order valence-electron chi connectivity index (χ4n) is 2.86. The minimum Gasteiger partial charge on any atom is -0.211 e. The number of hydrogen-bond donors (Lipinski definition) is 0. The van der Waals surface area contributed by atoms with Gasteiger partial charge in [0, 0.05) is 6.54 Å². The van der Waals surface area contributed by atoms with Crippen molar-refractivity contribution in [3.8, 4) is 0 Å². The molecular formula is C15H20N2O3S. The highest BCUT2D eigenvalue weighted by Crippen LogP contribution is 2.31. The van der Waals surface area contributed by atoms with E-state index in [4.69, 9.17) is 0 Å². The molecule has 21 heavy (non-hydrogen) atoms. The molecule has 1 fully saturated rings. The Labute approximate surface area is 125 Å². The number of hydrogen-bond acceptors (Lipinski definition) is 4. The molecule has 1 aliphatic rings. The SMILES string of the molecule is Cc1ccc(S(=O)(=O)N2CCCC(C)C2N=C=O)c(C)c1. The lowest BCUT2D eigenvalue weighted by molar-refractivity contribution is 0.194. The Balaban J connectivity index is 2.48. The molecule has 2 atom stereocenters.